The van der Waals surface area contributed by atoms with E-state index in [2.05, 4.69) is 420 Å². The minimum Gasteiger partial charge on any atom is -0.201 e. The Morgan fingerprint density at radius 3 is 1.00 bits per heavy atom. The lowest BCUT2D eigenvalue weighted by atomic mass is 9.91. The van der Waals surface area contributed by atoms with Gasteiger partial charge in [-0.1, -0.05) is 254 Å². The molecule has 0 unspecified atom stereocenters. The Morgan fingerprint density at radius 1 is 0.183 bits per heavy atom. The third-order valence-electron chi connectivity index (χ3n) is 25.0. The zero-order valence-corrected chi connectivity index (χ0v) is 69.4. The first-order valence-electron chi connectivity index (χ1n) is 40.8. The largest absolute Gasteiger partial charge is 0.213 e. The molecule has 0 saturated carbocycles. The monoisotopic (exact) mass is 1490 g/mol. The molecule has 0 atom stereocenters. The maximum atomic E-state index is 2.38. The number of hydrogen-bond acceptors (Lipinski definition) is 0. The summed E-state index contributed by atoms with van der Waals surface area (Å²) >= 11 is 0. The van der Waals surface area contributed by atoms with Crippen molar-refractivity contribution in [2.45, 2.75) is 102 Å². The number of aryl methyl sites for hydroxylation is 15. The van der Waals surface area contributed by atoms with Crippen LogP contribution in [0.4, 0.5) is 0 Å². The summed E-state index contributed by atoms with van der Waals surface area (Å²) in [6.07, 6.45) is 13.1. The molecule has 0 spiro atoms. The number of pyridine rings is 4. The van der Waals surface area contributed by atoms with Gasteiger partial charge in [0.1, 0.15) is 28.2 Å². The summed E-state index contributed by atoms with van der Waals surface area (Å²) in [7, 11) is 8.68. The molecule has 4 aromatic heterocycles. The van der Waals surface area contributed by atoms with Crippen LogP contribution in [-0.2, 0) is 53.9 Å². The molecule has 12 aromatic carbocycles. The second-order valence-electron chi connectivity index (χ2n) is 32.8. The minimum atomic E-state index is 1.01. The van der Waals surface area contributed by atoms with Crippen molar-refractivity contribution in [1.29, 1.82) is 0 Å². The van der Waals surface area contributed by atoms with E-state index in [0.29, 0.717) is 0 Å². The third-order valence-corrected chi connectivity index (χ3v) is 25.0. The van der Waals surface area contributed by atoms with E-state index in [1.165, 1.54) is 240 Å². The average molecular weight is 1490 g/mol. The fraction of sp³-hybridized carbons (Fsp3) is 0.171. The van der Waals surface area contributed by atoms with Crippen molar-refractivity contribution in [2.75, 3.05) is 0 Å². The Balaban J connectivity index is 0.000000111. The Bertz CT molecular complexity index is 6530. The average Bonchev–Trinajstić information content (AvgIpc) is 1.64. The van der Waals surface area contributed by atoms with Crippen LogP contribution in [0.2, 0.25) is 0 Å². The molecule has 115 heavy (non-hydrogen) atoms. The molecule has 4 aliphatic carbocycles. The molecular weight excluding hydrogens is 1390 g/mol. The molecule has 0 bridgehead atoms. The predicted molar refractivity (Wildman–Crippen MR) is 479 cm³/mol. The van der Waals surface area contributed by atoms with E-state index >= 15 is 0 Å². The number of rotatable bonds is 8. The number of fused-ring (bicyclic) bond motifs is 12. The highest BCUT2D eigenvalue weighted by Crippen LogP contribution is 2.49. The lowest BCUT2D eigenvalue weighted by Gasteiger charge is -2.14. The van der Waals surface area contributed by atoms with Crippen LogP contribution in [0.1, 0.15) is 106 Å². The Labute approximate surface area is 681 Å². The predicted octanol–water partition coefficient (Wildman–Crippen LogP) is 25.1. The molecule has 20 rings (SSSR count). The molecular formula is C111H102N4+4. The maximum absolute atomic E-state index is 2.38. The quantitative estimate of drug-likeness (QED) is 0.135. The Kier molecular flexibility index (Phi) is 20.2. The van der Waals surface area contributed by atoms with Crippen molar-refractivity contribution in [1.82, 2.24) is 0 Å². The topological polar surface area (TPSA) is 15.5 Å². The first-order valence-corrected chi connectivity index (χ1v) is 40.8. The number of nitrogens with zero attached hydrogens (tertiary/aromatic N) is 4. The van der Waals surface area contributed by atoms with E-state index < -0.39 is 0 Å². The molecule has 0 N–H and O–H groups in total. The van der Waals surface area contributed by atoms with Crippen LogP contribution in [0.15, 0.2) is 298 Å². The first kappa shape index (κ1) is 75.0. The van der Waals surface area contributed by atoms with Crippen molar-refractivity contribution in [3.05, 3.63) is 403 Å². The van der Waals surface area contributed by atoms with Crippen molar-refractivity contribution >= 4 is 0 Å². The van der Waals surface area contributed by atoms with Crippen LogP contribution < -0.4 is 18.3 Å². The van der Waals surface area contributed by atoms with Gasteiger partial charge in [-0.2, -0.15) is 0 Å². The molecule has 16 aromatic rings. The van der Waals surface area contributed by atoms with E-state index in [-0.39, 0.29) is 0 Å². The van der Waals surface area contributed by atoms with E-state index in [0.717, 1.165) is 25.7 Å². The fourth-order valence-corrected chi connectivity index (χ4v) is 19.2. The summed E-state index contributed by atoms with van der Waals surface area (Å²) in [5.74, 6) is 0. The summed E-state index contributed by atoms with van der Waals surface area (Å²) in [6.45, 7) is 24.4. The van der Waals surface area contributed by atoms with Crippen LogP contribution in [0.5, 0.6) is 0 Å². The zero-order chi connectivity index (χ0) is 79.6. The Morgan fingerprint density at radius 2 is 0.513 bits per heavy atom. The molecule has 4 heterocycles. The van der Waals surface area contributed by atoms with E-state index in [1.807, 2.05) is 0 Å². The van der Waals surface area contributed by atoms with Crippen LogP contribution in [-0.4, -0.2) is 0 Å². The molecule has 0 radical (unpaired) electrons. The van der Waals surface area contributed by atoms with Gasteiger partial charge in [-0.05, 0) is 269 Å². The summed E-state index contributed by atoms with van der Waals surface area (Å²) in [4.78, 5) is 0. The van der Waals surface area contributed by atoms with Gasteiger partial charge in [0.2, 0.25) is 22.8 Å². The number of hydrogen-bond donors (Lipinski definition) is 0. The van der Waals surface area contributed by atoms with Crippen LogP contribution in [0.3, 0.4) is 0 Å². The fourth-order valence-electron chi connectivity index (χ4n) is 19.2. The van der Waals surface area contributed by atoms with Gasteiger partial charge in [0, 0.05) is 46.5 Å². The van der Waals surface area contributed by atoms with E-state index in [9.17, 15) is 0 Å². The molecule has 4 heteroatoms. The van der Waals surface area contributed by atoms with Gasteiger partial charge in [-0.3, -0.25) is 0 Å². The van der Waals surface area contributed by atoms with Gasteiger partial charge >= 0.3 is 0 Å². The molecule has 0 fully saturated rings. The maximum Gasteiger partial charge on any atom is 0.213 e. The summed E-state index contributed by atoms with van der Waals surface area (Å²) in [5, 5.41) is 0. The minimum absolute atomic E-state index is 1.01. The lowest BCUT2D eigenvalue weighted by Crippen LogP contribution is -2.32. The van der Waals surface area contributed by atoms with Crippen LogP contribution in [0, 0.1) is 76.2 Å². The van der Waals surface area contributed by atoms with Crippen LogP contribution >= 0.6 is 0 Å². The Hall–Kier alpha value is -12.8. The molecule has 4 nitrogen and oxygen atoms in total. The second-order valence-corrected chi connectivity index (χ2v) is 32.8. The molecule has 0 aliphatic heterocycles. The number of aromatic nitrogens is 4. The van der Waals surface area contributed by atoms with Gasteiger partial charge in [-0.25, -0.2) is 18.3 Å². The highest BCUT2D eigenvalue weighted by atomic mass is 14.9. The van der Waals surface area contributed by atoms with Crippen molar-refractivity contribution < 1.29 is 18.3 Å². The van der Waals surface area contributed by atoms with Crippen molar-refractivity contribution in [3.8, 4) is 134 Å². The van der Waals surface area contributed by atoms with Gasteiger partial charge < -0.3 is 0 Å². The number of benzene rings is 12. The lowest BCUT2D eigenvalue weighted by molar-refractivity contribution is -0.660. The molecule has 4 aliphatic rings. The third kappa shape index (κ3) is 14.0. The summed E-state index contributed by atoms with van der Waals surface area (Å²) < 4.78 is 9.17. The second kappa shape index (κ2) is 31.0. The molecule has 0 amide bonds. The zero-order valence-electron chi connectivity index (χ0n) is 69.4. The normalized spacial score (nSPS) is 12.0. The molecule has 562 valence electrons. The summed E-state index contributed by atoms with van der Waals surface area (Å²) in [6, 6.07) is 99.7. The summed E-state index contributed by atoms with van der Waals surface area (Å²) in [5.41, 5.74) is 58.5. The van der Waals surface area contributed by atoms with Crippen LogP contribution in [0.25, 0.3) is 134 Å². The van der Waals surface area contributed by atoms with Crippen molar-refractivity contribution in [3.63, 3.8) is 0 Å². The first-order chi connectivity index (χ1) is 55.7. The standard InChI is InChI=1S/3C28H26N.C27H24N/c1-18-9-8-12-22-23-14-13-19(2)28(26(23)15-25(18)22)27-16-24(20(3)17-29(27)4)21-10-6-5-7-11-21;1-18-9-8-12-22-15-25-23(27(18)22)14-13-19(2)28(25)26-16-24(20(3)17-29(26)4)21-10-6-5-7-11-21;1-18-10-12-22-15-26-23(25(22)14-18)13-11-19(2)28(26)27-16-24(20(3)17-29(27)4)21-8-6-5-7-9-21;1-18-13-14-23-22-12-8-7-11-21(22)16-24(23)27(18)26-15-19(2)25(17-28(26)3)20-9-5-4-6-10-20/h3*5-14,16-17H,15H2,1-4H3;4-15,17H,16H2,1-3H3/q4*+1. The van der Waals surface area contributed by atoms with Gasteiger partial charge in [-0.15, -0.1) is 0 Å². The van der Waals surface area contributed by atoms with Gasteiger partial charge in [0.05, 0.1) is 22.3 Å². The van der Waals surface area contributed by atoms with Gasteiger partial charge in [0.25, 0.3) is 0 Å². The van der Waals surface area contributed by atoms with E-state index in [4.69, 9.17) is 0 Å². The SMILES string of the molecule is Cc1c[n+](C)c(-c2c(C)ccc3c2Cc2c(C)cccc2-3)cc1-c1ccccc1.Cc1c[n+](C)c(-c2c(C)ccc3c2Cc2cccc(C)c2-3)cc1-c1ccccc1.Cc1cc(-c2c(C)ccc3c2Cc2ccccc2-3)[n+](C)cc1-c1ccccc1.Cc1ccc2c(c1)-c1ccc(C)c(-c3cc(-c4ccccc4)c(C)c[n+]3C)c1C2. The molecule has 0 saturated heterocycles. The van der Waals surface area contributed by atoms with Gasteiger partial charge in [0.15, 0.2) is 24.8 Å². The van der Waals surface area contributed by atoms with Crippen molar-refractivity contribution in [2.24, 2.45) is 28.2 Å². The highest BCUT2D eigenvalue weighted by Gasteiger charge is 2.33. The smallest absolute Gasteiger partial charge is 0.201 e. The highest BCUT2D eigenvalue weighted by molar-refractivity contribution is 5.91. The van der Waals surface area contributed by atoms with E-state index in [1.54, 1.807) is 0 Å².